The Kier molecular flexibility index (Phi) is 5.06. The second-order valence-electron chi connectivity index (χ2n) is 5.68. The smallest absolute Gasteiger partial charge is 0.248 e. The summed E-state index contributed by atoms with van der Waals surface area (Å²) in [6.45, 7) is 1.85. The van der Waals surface area contributed by atoms with Crippen molar-refractivity contribution in [1.82, 2.24) is 9.78 Å². The van der Waals surface area contributed by atoms with E-state index in [1.54, 1.807) is 23.0 Å². The summed E-state index contributed by atoms with van der Waals surface area (Å²) in [5, 5.41) is 16.3. The van der Waals surface area contributed by atoms with Crippen LogP contribution in [0.3, 0.4) is 0 Å². The van der Waals surface area contributed by atoms with Gasteiger partial charge < -0.3 is 10.4 Å². The van der Waals surface area contributed by atoms with Crippen LogP contribution in [-0.2, 0) is 11.4 Å². The Balaban J connectivity index is 1.68. The molecule has 1 amide bonds. The predicted octanol–water partition coefficient (Wildman–Crippen LogP) is 3.32. The van der Waals surface area contributed by atoms with E-state index in [4.69, 9.17) is 0 Å². The minimum absolute atomic E-state index is 0.0579. The normalized spacial score (nSPS) is 11.0. The second kappa shape index (κ2) is 7.59. The third-order valence-corrected chi connectivity index (χ3v) is 3.79. The van der Waals surface area contributed by atoms with E-state index in [0.717, 1.165) is 22.4 Å². The van der Waals surface area contributed by atoms with E-state index < -0.39 is 0 Å². The lowest BCUT2D eigenvalue weighted by Crippen LogP contribution is -2.09. The van der Waals surface area contributed by atoms with Crippen LogP contribution in [0, 0.1) is 6.92 Å². The van der Waals surface area contributed by atoms with Crippen molar-refractivity contribution in [3.8, 4) is 5.69 Å². The van der Waals surface area contributed by atoms with Gasteiger partial charge in [0.1, 0.15) is 0 Å². The van der Waals surface area contributed by atoms with Gasteiger partial charge in [0.25, 0.3) is 0 Å². The molecule has 0 radical (unpaired) electrons. The van der Waals surface area contributed by atoms with Crippen LogP contribution < -0.4 is 5.32 Å². The Morgan fingerprint density at radius 3 is 2.80 bits per heavy atom. The van der Waals surface area contributed by atoms with Crippen molar-refractivity contribution in [2.24, 2.45) is 0 Å². The molecule has 0 saturated carbocycles. The quantitative estimate of drug-likeness (QED) is 0.704. The molecule has 3 aromatic rings. The zero-order valence-electron chi connectivity index (χ0n) is 13.9. The van der Waals surface area contributed by atoms with Gasteiger partial charge in [-0.05, 0) is 42.3 Å². The van der Waals surface area contributed by atoms with Crippen molar-refractivity contribution in [2.45, 2.75) is 13.5 Å². The van der Waals surface area contributed by atoms with Gasteiger partial charge in [-0.1, -0.05) is 30.3 Å². The lowest BCUT2D eigenvalue weighted by atomic mass is 10.1. The molecule has 0 saturated heterocycles. The predicted molar refractivity (Wildman–Crippen MR) is 98.3 cm³/mol. The number of nitrogens with zero attached hydrogens (tertiary/aromatic N) is 2. The molecule has 2 N–H and O–H groups in total. The molecule has 3 rings (SSSR count). The number of benzene rings is 2. The van der Waals surface area contributed by atoms with Crippen molar-refractivity contribution in [3.63, 3.8) is 0 Å². The molecular formula is C20H19N3O2. The first kappa shape index (κ1) is 16.7. The fourth-order valence-corrected chi connectivity index (χ4v) is 2.39. The number of anilines is 1. The number of aryl methyl sites for hydroxylation is 1. The summed E-state index contributed by atoms with van der Waals surface area (Å²) in [5.41, 5.74) is 4.19. The molecule has 5 heteroatoms. The molecule has 25 heavy (non-hydrogen) atoms. The summed E-state index contributed by atoms with van der Waals surface area (Å²) in [4.78, 5) is 12.1. The van der Waals surface area contributed by atoms with Gasteiger partial charge in [-0.2, -0.15) is 5.10 Å². The molecule has 0 aliphatic rings. The average molecular weight is 333 g/mol. The van der Waals surface area contributed by atoms with Crippen LogP contribution >= 0.6 is 0 Å². The Hall–Kier alpha value is -3.18. The summed E-state index contributed by atoms with van der Waals surface area (Å²) in [5.74, 6) is -0.231. The molecule has 1 aromatic heterocycles. The Bertz CT molecular complexity index is 898. The van der Waals surface area contributed by atoms with Crippen LogP contribution in [0.4, 0.5) is 5.69 Å². The maximum atomic E-state index is 12.1. The maximum Gasteiger partial charge on any atom is 0.248 e. The standard InChI is InChI=1S/C20H19N3O2/c1-15-7-8-16(14-24)11-19(15)22-20(25)10-9-17-12-21-23(13-17)18-5-3-2-4-6-18/h2-13,24H,14H2,1H3,(H,22,25)/b10-9+. The number of hydrogen-bond donors (Lipinski definition) is 2. The molecule has 0 fully saturated rings. The molecule has 0 spiro atoms. The summed E-state index contributed by atoms with van der Waals surface area (Å²) >= 11 is 0. The molecule has 126 valence electrons. The summed E-state index contributed by atoms with van der Waals surface area (Å²) in [7, 11) is 0. The molecule has 0 bridgehead atoms. The number of aromatic nitrogens is 2. The molecular weight excluding hydrogens is 314 g/mol. The van der Waals surface area contributed by atoms with Crippen LogP contribution in [-0.4, -0.2) is 20.8 Å². The van der Waals surface area contributed by atoms with Crippen molar-refractivity contribution >= 4 is 17.7 Å². The topological polar surface area (TPSA) is 67.2 Å². The van der Waals surface area contributed by atoms with E-state index in [-0.39, 0.29) is 12.5 Å². The molecule has 1 heterocycles. The van der Waals surface area contributed by atoms with Gasteiger partial charge in [0.2, 0.25) is 5.91 Å². The number of carbonyl (C=O) groups is 1. The van der Waals surface area contributed by atoms with E-state index in [0.29, 0.717) is 5.69 Å². The Labute approximate surface area is 146 Å². The minimum Gasteiger partial charge on any atom is -0.392 e. The van der Waals surface area contributed by atoms with E-state index in [2.05, 4.69) is 10.4 Å². The van der Waals surface area contributed by atoms with Gasteiger partial charge in [-0.25, -0.2) is 4.68 Å². The Morgan fingerprint density at radius 1 is 1.24 bits per heavy atom. The van der Waals surface area contributed by atoms with Crippen LogP contribution in [0.2, 0.25) is 0 Å². The molecule has 0 atom stereocenters. The van der Waals surface area contributed by atoms with Crippen molar-refractivity contribution in [1.29, 1.82) is 0 Å². The van der Waals surface area contributed by atoms with Gasteiger partial charge in [-0.15, -0.1) is 0 Å². The maximum absolute atomic E-state index is 12.1. The highest BCUT2D eigenvalue weighted by Gasteiger charge is 2.04. The average Bonchev–Trinajstić information content (AvgIpc) is 3.12. The van der Waals surface area contributed by atoms with E-state index >= 15 is 0 Å². The summed E-state index contributed by atoms with van der Waals surface area (Å²) in [6.07, 6.45) is 6.75. The third-order valence-electron chi connectivity index (χ3n) is 3.79. The largest absolute Gasteiger partial charge is 0.392 e. The molecule has 0 aliphatic carbocycles. The number of nitrogens with one attached hydrogen (secondary N) is 1. The number of aliphatic hydroxyl groups is 1. The monoisotopic (exact) mass is 333 g/mol. The van der Waals surface area contributed by atoms with Gasteiger partial charge in [0.05, 0.1) is 18.5 Å². The number of amides is 1. The van der Waals surface area contributed by atoms with Crippen molar-refractivity contribution in [3.05, 3.63) is 83.7 Å². The first-order chi connectivity index (χ1) is 12.2. The molecule has 2 aromatic carbocycles. The number of aliphatic hydroxyl groups excluding tert-OH is 1. The zero-order valence-corrected chi connectivity index (χ0v) is 13.9. The van der Waals surface area contributed by atoms with E-state index in [9.17, 15) is 9.90 Å². The first-order valence-electron chi connectivity index (χ1n) is 7.95. The van der Waals surface area contributed by atoms with Crippen molar-refractivity contribution < 1.29 is 9.90 Å². The minimum atomic E-state index is -0.231. The molecule has 0 aliphatic heterocycles. The number of carbonyl (C=O) groups excluding carboxylic acids is 1. The van der Waals surface area contributed by atoms with E-state index in [1.165, 1.54) is 6.08 Å². The lowest BCUT2D eigenvalue weighted by molar-refractivity contribution is -0.111. The van der Waals surface area contributed by atoms with Crippen LogP contribution in [0.25, 0.3) is 11.8 Å². The highest BCUT2D eigenvalue weighted by atomic mass is 16.3. The summed E-state index contributed by atoms with van der Waals surface area (Å²) < 4.78 is 1.76. The number of para-hydroxylation sites is 1. The third kappa shape index (κ3) is 4.22. The highest BCUT2D eigenvalue weighted by Crippen LogP contribution is 2.17. The molecule has 0 unspecified atom stereocenters. The Morgan fingerprint density at radius 2 is 2.04 bits per heavy atom. The second-order valence-corrected chi connectivity index (χ2v) is 5.68. The highest BCUT2D eigenvalue weighted by molar-refractivity contribution is 6.02. The van der Waals surface area contributed by atoms with Gasteiger partial charge in [0, 0.05) is 23.5 Å². The lowest BCUT2D eigenvalue weighted by Gasteiger charge is -2.08. The van der Waals surface area contributed by atoms with Crippen LogP contribution in [0.15, 0.2) is 67.0 Å². The number of rotatable bonds is 5. The van der Waals surface area contributed by atoms with E-state index in [1.807, 2.05) is 55.6 Å². The van der Waals surface area contributed by atoms with Gasteiger partial charge >= 0.3 is 0 Å². The van der Waals surface area contributed by atoms with Crippen LogP contribution in [0.5, 0.6) is 0 Å². The van der Waals surface area contributed by atoms with Gasteiger partial charge in [0.15, 0.2) is 0 Å². The summed E-state index contributed by atoms with van der Waals surface area (Å²) in [6, 6.07) is 15.2. The van der Waals surface area contributed by atoms with Crippen LogP contribution in [0.1, 0.15) is 16.7 Å². The first-order valence-corrected chi connectivity index (χ1v) is 7.95. The molecule has 5 nitrogen and oxygen atoms in total. The van der Waals surface area contributed by atoms with Crippen molar-refractivity contribution in [2.75, 3.05) is 5.32 Å². The fraction of sp³-hybridized carbons (Fsp3) is 0.100. The zero-order chi connectivity index (χ0) is 17.6. The van der Waals surface area contributed by atoms with Gasteiger partial charge in [-0.3, -0.25) is 4.79 Å². The SMILES string of the molecule is Cc1ccc(CO)cc1NC(=O)/C=C/c1cnn(-c2ccccc2)c1. The fourth-order valence-electron chi connectivity index (χ4n) is 2.39. The number of hydrogen-bond acceptors (Lipinski definition) is 3.